The van der Waals surface area contributed by atoms with Gasteiger partial charge in [-0.1, -0.05) is 29.8 Å². The van der Waals surface area contributed by atoms with Crippen LogP contribution < -0.4 is 5.32 Å². The molecule has 2 N–H and O–H groups in total. The lowest BCUT2D eigenvalue weighted by Crippen LogP contribution is -2.26. The first-order chi connectivity index (χ1) is 12.1. The molecule has 0 radical (unpaired) electrons. The number of para-hydroxylation sites is 1. The molecule has 0 saturated heterocycles. The third kappa shape index (κ3) is 2.03. The van der Waals surface area contributed by atoms with Crippen molar-refractivity contribution in [2.24, 2.45) is 0 Å². The fraction of sp³-hybridized carbons (Fsp3) is 0.190. The molecule has 1 atom stereocenters. The van der Waals surface area contributed by atoms with Gasteiger partial charge in [0.25, 0.3) is 0 Å². The number of hydrogen-bond acceptors (Lipinski definition) is 2. The molecule has 1 aliphatic heterocycles. The molecule has 3 heterocycles. The molecule has 1 unspecified atom stereocenters. The van der Waals surface area contributed by atoms with Crippen molar-refractivity contribution in [1.29, 1.82) is 0 Å². The Hall–Kier alpha value is -3.01. The van der Waals surface area contributed by atoms with E-state index in [1.165, 1.54) is 33.5 Å². The molecule has 0 spiro atoms. The minimum Gasteiger partial charge on any atom is -0.359 e. The van der Waals surface area contributed by atoms with E-state index in [1.54, 1.807) is 0 Å². The molecule has 2 aromatic carbocycles. The van der Waals surface area contributed by atoms with Gasteiger partial charge in [0, 0.05) is 33.4 Å². The Balaban J connectivity index is 1.78. The van der Waals surface area contributed by atoms with Crippen molar-refractivity contribution in [3.63, 3.8) is 0 Å². The number of benzene rings is 2. The van der Waals surface area contributed by atoms with Crippen LogP contribution in [0.3, 0.4) is 0 Å². The predicted molar refractivity (Wildman–Crippen MR) is 102 cm³/mol. The maximum Gasteiger partial charge on any atom is 0.149 e. The second-order valence-electron chi connectivity index (χ2n) is 6.92. The summed E-state index contributed by atoms with van der Waals surface area (Å²) in [6.07, 6.45) is -0.0185. The van der Waals surface area contributed by atoms with E-state index < -0.39 is 0 Å². The average molecular weight is 328 g/mol. The second-order valence-corrected chi connectivity index (χ2v) is 6.92. The van der Waals surface area contributed by atoms with Crippen molar-refractivity contribution in [2.45, 2.75) is 26.9 Å². The lowest BCUT2D eigenvalue weighted by atomic mass is 10.0. The first-order valence-electron chi connectivity index (χ1n) is 8.63. The van der Waals surface area contributed by atoms with Crippen LogP contribution in [0.4, 0.5) is 5.69 Å². The molecule has 4 heteroatoms. The minimum atomic E-state index is -0.0185. The molecule has 2 aromatic heterocycles. The van der Waals surface area contributed by atoms with Crippen LogP contribution in [0, 0.1) is 20.8 Å². The monoisotopic (exact) mass is 328 g/mol. The summed E-state index contributed by atoms with van der Waals surface area (Å²) < 4.78 is 2.12. The molecule has 0 bridgehead atoms. The van der Waals surface area contributed by atoms with Crippen molar-refractivity contribution in [1.82, 2.24) is 14.8 Å². The molecule has 0 saturated carbocycles. The largest absolute Gasteiger partial charge is 0.359 e. The number of fused-ring (bicyclic) bond motifs is 4. The Bertz CT molecular complexity index is 1120. The summed E-state index contributed by atoms with van der Waals surface area (Å²) in [6.45, 7) is 6.32. The number of H-pyrrole nitrogens is 1. The second kappa shape index (κ2) is 4.99. The molecule has 0 aliphatic carbocycles. The smallest absolute Gasteiger partial charge is 0.149 e. The van der Waals surface area contributed by atoms with Gasteiger partial charge in [-0.25, -0.2) is 4.68 Å². The van der Waals surface area contributed by atoms with E-state index in [1.807, 2.05) is 0 Å². The maximum absolute atomic E-state index is 4.81. The molecule has 4 nitrogen and oxygen atoms in total. The lowest BCUT2D eigenvalue weighted by molar-refractivity contribution is 0.572. The molecule has 124 valence electrons. The van der Waals surface area contributed by atoms with Gasteiger partial charge >= 0.3 is 0 Å². The maximum atomic E-state index is 4.81. The zero-order chi connectivity index (χ0) is 17.1. The fourth-order valence-corrected chi connectivity index (χ4v) is 3.96. The number of aromatic nitrogens is 3. The quantitative estimate of drug-likeness (QED) is 0.520. The Morgan fingerprint density at radius 3 is 2.72 bits per heavy atom. The van der Waals surface area contributed by atoms with Crippen LogP contribution in [0.1, 0.15) is 28.7 Å². The molecular weight excluding hydrogens is 308 g/mol. The lowest BCUT2D eigenvalue weighted by Gasteiger charge is -2.29. The fourth-order valence-electron chi connectivity index (χ4n) is 3.96. The van der Waals surface area contributed by atoms with Crippen LogP contribution in [0.25, 0.3) is 22.2 Å². The molecular formula is C21H20N4. The standard InChI is InChI=1S/C21H20N4/c1-12-8-9-18-16(10-12)19-11-13(2)24-25(19)21(23-18)20-14(3)22-17-7-5-4-6-15(17)20/h4-11,21-23H,1-3H3. The van der Waals surface area contributed by atoms with Gasteiger partial charge in [0.15, 0.2) is 0 Å². The number of nitrogens with one attached hydrogen (secondary N) is 2. The molecule has 25 heavy (non-hydrogen) atoms. The van der Waals surface area contributed by atoms with Crippen LogP contribution in [0.2, 0.25) is 0 Å². The van der Waals surface area contributed by atoms with Gasteiger partial charge in [-0.2, -0.15) is 5.10 Å². The molecule has 0 fully saturated rings. The van der Waals surface area contributed by atoms with Crippen LogP contribution in [-0.2, 0) is 0 Å². The summed E-state index contributed by atoms with van der Waals surface area (Å²) in [4.78, 5) is 3.51. The van der Waals surface area contributed by atoms with Crippen molar-refractivity contribution >= 4 is 16.6 Å². The average Bonchev–Trinajstić information content (AvgIpc) is 3.14. The number of aryl methyl sites for hydroxylation is 3. The van der Waals surface area contributed by atoms with Crippen LogP contribution in [0.15, 0.2) is 48.5 Å². The summed E-state index contributed by atoms with van der Waals surface area (Å²) in [7, 11) is 0. The first kappa shape index (κ1) is 14.3. The van der Waals surface area contributed by atoms with Crippen LogP contribution in [-0.4, -0.2) is 14.8 Å². The van der Waals surface area contributed by atoms with E-state index in [2.05, 4.69) is 84.3 Å². The number of aromatic amines is 1. The first-order valence-corrected chi connectivity index (χ1v) is 8.63. The van der Waals surface area contributed by atoms with Gasteiger partial charge in [0.1, 0.15) is 6.17 Å². The summed E-state index contributed by atoms with van der Waals surface area (Å²) in [5, 5.41) is 9.76. The Kier molecular flexibility index (Phi) is 2.86. The highest BCUT2D eigenvalue weighted by Gasteiger charge is 2.29. The summed E-state index contributed by atoms with van der Waals surface area (Å²) in [6, 6.07) is 17.2. The molecule has 1 aliphatic rings. The Labute approximate surface area is 146 Å². The SMILES string of the molecule is Cc1ccc2c(c1)-c1cc(C)nn1C(c1c(C)[nH]c3ccccc13)N2. The van der Waals surface area contributed by atoms with E-state index >= 15 is 0 Å². The molecule has 5 rings (SSSR count). The van der Waals surface area contributed by atoms with Crippen LogP contribution in [0.5, 0.6) is 0 Å². The van der Waals surface area contributed by atoms with E-state index in [0.717, 1.165) is 16.9 Å². The van der Waals surface area contributed by atoms with Crippen molar-refractivity contribution in [3.05, 3.63) is 71.0 Å². The van der Waals surface area contributed by atoms with Crippen molar-refractivity contribution in [2.75, 3.05) is 5.32 Å². The van der Waals surface area contributed by atoms with Crippen LogP contribution >= 0.6 is 0 Å². The van der Waals surface area contributed by atoms with Gasteiger partial charge in [-0.15, -0.1) is 0 Å². The third-order valence-corrected chi connectivity index (χ3v) is 5.06. The molecule has 0 amide bonds. The van der Waals surface area contributed by atoms with E-state index in [4.69, 9.17) is 5.10 Å². The summed E-state index contributed by atoms with van der Waals surface area (Å²) in [5.74, 6) is 0. The highest BCUT2D eigenvalue weighted by Crippen LogP contribution is 2.41. The topological polar surface area (TPSA) is 45.6 Å². The third-order valence-electron chi connectivity index (χ3n) is 5.06. The van der Waals surface area contributed by atoms with E-state index in [0.29, 0.717) is 0 Å². The van der Waals surface area contributed by atoms with Crippen molar-refractivity contribution in [3.8, 4) is 11.3 Å². The van der Waals surface area contributed by atoms with Gasteiger partial charge < -0.3 is 10.3 Å². The number of anilines is 1. The predicted octanol–water partition coefficient (Wildman–Crippen LogP) is 4.93. The number of rotatable bonds is 1. The van der Waals surface area contributed by atoms with Gasteiger partial charge in [-0.05, 0) is 45.0 Å². The Morgan fingerprint density at radius 1 is 1.00 bits per heavy atom. The normalized spacial score (nSPS) is 15.7. The number of hydrogen-bond donors (Lipinski definition) is 2. The zero-order valence-electron chi connectivity index (χ0n) is 14.6. The summed E-state index contributed by atoms with van der Waals surface area (Å²) >= 11 is 0. The highest BCUT2D eigenvalue weighted by atomic mass is 15.4. The number of nitrogens with zero attached hydrogens (tertiary/aromatic N) is 2. The van der Waals surface area contributed by atoms with Gasteiger partial charge in [-0.3, -0.25) is 0 Å². The van der Waals surface area contributed by atoms with Crippen molar-refractivity contribution < 1.29 is 0 Å². The molecule has 4 aromatic rings. The van der Waals surface area contributed by atoms with E-state index in [9.17, 15) is 0 Å². The minimum absolute atomic E-state index is 0.0185. The zero-order valence-corrected chi connectivity index (χ0v) is 14.6. The highest BCUT2D eigenvalue weighted by molar-refractivity contribution is 5.87. The van der Waals surface area contributed by atoms with Gasteiger partial charge in [0.2, 0.25) is 0 Å². The van der Waals surface area contributed by atoms with E-state index in [-0.39, 0.29) is 6.17 Å². The van der Waals surface area contributed by atoms with Gasteiger partial charge in [0.05, 0.1) is 11.4 Å². The Morgan fingerprint density at radius 2 is 1.84 bits per heavy atom. The summed E-state index contributed by atoms with van der Waals surface area (Å²) in [5.41, 5.74) is 9.43.